The van der Waals surface area contributed by atoms with Crippen LogP contribution in [0.15, 0.2) is 57.9 Å². The van der Waals surface area contributed by atoms with Crippen molar-refractivity contribution in [2.45, 2.75) is 17.9 Å². The number of ether oxygens (including phenoxy) is 1. The molecule has 0 aliphatic rings. The predicted molar refractivity (Wildman–Crippen MR) is 92.5 cm³/mol. The van der Waals surface area contributed by atoms with Crippen molar-refractivity contribution in [1.29, 1.82) is 0 Å². The Morgan fingerprint density at radius 2 is 1.90 bits per heavy atom. The van der Waals surface area contributed by atoms with Gasteiger partial charge in [0.25, 0.3) is 0 Å². The minimum absolute atomic E-state index is 0.0430. The predicted octanol–water partition coefficient (Wildman–Crippen LogP) is 4.14. The molecule has 21 heavy (non-hydrogen) atoms. The lowest BCUT2D eigenvalue weighted by Crippen LogP contribution is -2.30. The molecule has 2 aromatic rings. The van der Waals surface area contributed by atoms with Gasteiger partial charge in [-0.3, -0.25) is 11.3 Å². The van der Waals surface area contributed by atoms with Crippen LogP contribution in [0.2, 0.25) is 0 Å². The molecule has 2 rings (SSSR count). The quantitative estimate of drug-likeness (QED) is 0.439. The molecule has 0 heterocycles. The Morgan fingerprint density at radius 3 is 2.57 bits per heavy atom. The van der Waals surface area contributed by atoms with Gasteiger partial charge in [0.15, 0.2) is 0 Å². The van der Waals surface area contributed by atoms with E-state index in [0.717, 1.165) is 21.5 Å². The van der Waals surface area contributed by atoms with Gasteiger partial charge in [0, 0.05) is 20.7 Å². The molecule has 0 aromatic heterocycles. The molecule has 2 aromatic carbocycles. The standard InChI is InChI=1S/C16H19BrN2OS/c1-2-20-16-6-4-3-5-14(16)15(19-18)11-21-13-9-7-12(17)8-10-13/h3-10,15,19H,2,11,18H2,1H3. The van der Waals surface area contributed by atoms with Crippen molar-refractivity contribution in [3.63, 3.8) is 0 Å². The minimum Gasteiger partial charge on any atom is -0.494 e. The van der Waals surface area contributed by atoms with Gasteiger partial charge in [0.2, 0.25) is 0 Å². The summed E-state index contributed by atoms with van der Waals surface area (Å²) in [5.41, 5.74) is 3.98. The normalized spacial score (nSPS) is 12.1. The summed E-state index contributed by atoms with van der Waals surface area (Å²) in [4.78, 5) is 1.22. The van der Waals surface area contributed by atoms with Crippen molar-refractivity contribution in [3.8, 4) is 5.75 Å². The number of benzene rings is 2. The molecule has 0 spiro atoms. The van der Waals surface area contributed by atoms with Crippen LogP contribution in [0.4, 0.5) is 0 Å². The topological polar surface area (TPSA) is 47.3 Å². The summed E-state index contributed by atoms with van der Waals surface area (Å²) in [5.74, 6) is 7.46. The summed E-state index contributed by atoms with van der Waals surface area (Å²) >= 11 is 5.21. The highest BCUT2D eigenvalue weighted by atomic mass is 79.9. The number of nitrogens with one attached hydrogen (secondary N) is 1. The molecule has 0 aliphatic carbocycles. The fraction of sp³-hybridized carbons (Fsp3) is 0.250. The van der Waals surface area contributed by atoms with E-state index in [-0.39, 0.29) is 6.04 Å². The van der Waals surface area contributed by atoms with Crippen molar-refractivity contribution in [2.75, 3.05) is 12.4 Å². The number of hydrogen-bond donors (Lipinski definition) is 2. The highest BCUT2D eigenvalue weighted by molar-refractivity contribution is 9.10. The van der Waals surface area contributed by atoms with E-state index < -0.39 is 0 Å². The van der Waals surface area contributed by atoms with E-state index in [2.05, 4.69) is 39.6 Å². The Morgan fingerprint density at radius 1 is 1.19 bits per heavy atom. The summed E-state index contributed by atoms with van der Waals surface area (Å²) in [6.07, 6.45) is 0. The molecule has 1 atom stereocenters. The second-order valence-electron chi connectivity index (χ2n) is 4.46. The van der Waals surface area contributed by atoms with Crippen molar-refractivity contribution in [3.05, 3.63) is 58.6 Å². The highest BCUT2D eigenvalue weighted by Crippen LogP contribution is 2.30. The lowest BCUT2D eigenvalue weighted by Gasteiger charge is -2.19. The third-order valence-corrected chi connectivity index (χ3v) is 4.66. The first-order chi connectivity index (χ1) is 10.2. The lowest BCUT2D eigenvalue weighted by atomic mass is 10.1. The fourth-order valence-electron chi connectivity index (χ4n) is 1.99. The Bertz CT molecular complexity index is 562. The SMILES string of the molecule is CCOc1ccccc1C(CSc1ccc(Br)cc1)NN. The molecule has 0 saturated heterocycles. The number of halogens is 1. The molecule has 5 heteroatoms. The monoisotopic (exact) mass is 366 g/mol. The summed E-state index contributed by atoms with van der Waals surface area (Å²) < 4.78 is 6.76. The number of para-hydroxylation sites is 1. The zero-order valence-electron chi connectivity index (χ0n) is 11.9. The third-order valence-electron chi connectivity index (χ3n) is 3.03. The maximum atomic E-state index is 5.73. The molecule has 0 saturated carbocycles. The van der Waals surface area contributed by atoms with Gasteiger partial charge in [-0.25, -0.2) is 0 Å². The van der Waals surface area contributed by atoms with Gasteiger partial charge in [0.05, 0.1) is 12.6 Å². The Balaban J connectivity index is 2.07. The maximum absolute atomic E-state index is 5.73. The van der Waals surface area contributed by atoms with Crippen LogP contribution >= 0.6 is 27.7 Å². The van der Waals surface area contributed by atoms with Crippen molar-refractivity contribution in [1.82, 2.24) is 5.43 Å². The van der Waals surface area contributed by atoms with Gasteiger partial charge in [-0.2, -0.15) is 0 Å². The van der Waals surface area contributed by atoms with Crippen LogP contribution in [-0.2, 0) is 0 Å². The second kappa shape index (κ2) is 8.44. The van der Waals surface area contributed by atoms with E-state index in [1.165, 1.54) is 4.90 Å². The highest BCUT2D eigenvalue weighted by Gasteiger charge is 2.15. The zero-order chi connectivity index (χ0) is 15.1. The molecule has 0 fully saturated rings. The van der Waals surface area contributed by atoms with Crippen molar-refractivity contribution >= 4 is 27.7 Å². The van der Waals surface area contributed by atoms with Crippen LogP contribution in [-0.4, -0.2) is 12.4 Å². The molecule has 3 nitrogen and oxygen atoms in total. The maximum Gasteiger partial charge on any atom is 0.124 e. The third kappa shape index (κ3) is 4.74. The van der Waals surface area contributed by atoms with Gasteiger partial charge in [-0.05, 0) is 37.3 Å². The molecule has 0 bridgehead atoms. The minimum atomic E-state index is 0.0430. The smallest absolute Gasteiger partial charge is 0.124 e. The number of hydrazine groups is 1. The van der Waals surface area contributed by atoms with Crippen LogP contribution in [0.25, 0.3) is 0 Å². The average Bonchev–Trinajstić information content (AvgIpc) is 2.51. The number of thioether (sulfide) groups is 1. The zero-order valence-corrected chi connectivity index (χ0v) is 14.3. The first-order valence-electron chi connectivity index (χ1n) is 6.80. The molecule has 0 amide bonds. The summed E-state index contributed by atoms with van der Waals surface area (Å²) in [6.45, 7) is 2.63. The van der Waals surface area contributed by atoms with Crippen LogP contribution < -0.4 is 16.0 Å². The molecular weight excluding hydrogens is 348 g/mol. The Kier molecular flexibility index (Phi) is 6.57. The number of nitrogens with two attached hydrogens (primary N) is 1. The van der Waals surface area contributed by atoms with Crippen LogP contribution in [0, 0.1) is 0 Å². The van der Waals surface area contributed by atoms with E-state index in [0.29, 0.717) is 6.61 Å². The first-order valence-corrected chi connectivity index (χ1v) is 8.58. The number of rotatable bonds is 7. The van der Waals surface area contributed by atoms with E-state index in [9.17, 15) is 0 Å². The van der Waals surface area contributed by atoms with Gasteiger partial charge in [0.1, 0.15) is 5.75 Å². The Labute approximate surface area is 138 Å². The van der Waals surface area contributed by atoms with E-state index in [1.807, 2.05) is 37.3 Å². The van der Waals surface area contributed by atoms with Crippen LogP contribution in [0.1, 0.15) is 18.5 Å². The largest absolute Gasteiger partial charge is 0.494 e. The van der Waals surface area contributed by atoms with Crippen LogP contribution in [0.5, 0.6) is 5.75 Å². The van der Waals surface area contributed by atoms with Crippen molar-refractivity contribution < 1.29 is 4.74 Å². The van der Waals surface area contributed by atoms with E-state index >= 15 is 0 Å². The second-order valence-corrected chi connectivity index (χ2v) is 6.46. The molecule has 1 unspecified atom stereocenters. The molecule has 0 radical (unpaired) electrons. The fourth-order valence-corrected chi connectivity index (χ4v) is 3.22. The first kappa shape index (κ1) is 16.4. The summed E-state index contributed by atoms with van der Waals surface area (Å²) in [7, 11) is 0. The van der Waals surface area contributed by atoms with Gasteiger partial charge < -0.3 is 4.74 Å². The molecule has 112 valence electrons. The number of hydrogen-bond acceptors (Lipinski definition) is 4. The molecular formula is C16H19BrN2OS. The molecule has 3 N–H and O–H groups in total. The van der Waals surface area contributed by atoms with E-state index in [4.69, 9.17) is 10.6 Å². The van der Waals surface area contributed by atoms with Gasteiger partial charge in [-0.15, -0.1) is 11.8 Å². The summed E-state index contributed by atoms with van der Waals surface area (Å²) in [5, 5.41) is 0. The average molecular weight is 367 g/mol. The van der Waals surface area contributed by atoms with Crippen molar-refractivity contribution in [2.24, 2.45) is 5.84 Å². The Hall–Kier alpha value is -1.01. The van der Waals surface area contributed by atoms with Gasteiger partial charge in [-0.1, -0.05) is 34.1 Å². The molecule has 0 aliphatic heterocycles. The van der Waals surface area contributed by atoms with Crippen LogP contribution in [0.3, 0.4) is 0 Å². The van der Waals surface area contributed by atoms with Gasteiger partial charge >= 0.3 is 0 Å². The summed E-state index contributed by atoms with van der Waals surface area (Å²) in [6, 6.07) is 16.3. The lowest BCUT2D eigenvalue weighted by molar-refractivity contribution is 0.333. The van der Waals surface area contributed by atoms with E-state index in [1.54, 1.807) is 11.8 Å².